The van der Waals surface area contributed by atoms with Crippen LogP contribution in [0.1, 0.15) is 20.3 Å². The molecule has 0 aliphatic carbocycles. The molecular formula is C19H32N4O2. The van der Waals surface area contributed by atoms with Gasteiger partial charge in [-0.1, -0.05) is 13.8 Å². The Morgan fingerprint density at radius 1 is 1.20 bits per heavy atom. The lowest BCUT2D eigenvalue weighted by atomic mass is 10.0. The molecule has 1 amide bonds. The smallest absolute Gasteiger partial charge is 0.241 e. The summed E-state index contributed by atoms with van der Waals surface area (Å²) in [6.45, 7) is 10.2. The molecule has 1 saturated heterocycles. The first-order valence-electron chi connectivity index (χ1n) is 9.14. The molecule has 6 heteroatoms. The Morgan fingerprint density at radius 2 is 1.84 bits per heavy atom. The maximum atomic E-state index is 12.0. The van der Waals surface area contributed by atoms with Crippen molar-refractivity contribution in [3.63, 3.8) is 0 Å². The third kappa shape index (κ3) is 7.02. The maximum Gasteiger partial charge on any atom is 0.241 e. The van der Waals surface area contributed by atoms with E-state index < -0.39 is 6.04 Å². The van der Waals surface area contributed by atoms with Crippen LogP contribution in [0, 0.1) is 5.92 Å². The van der Waals surface area contributed by atoms with Gasteiger partial charge >= 0.3 is 0 Å². The lowest BCUT2D eigenvalue weighted by Gasteiger charge is -2.32. The first-order chi connectivity index (χ1) is 11.9. The fourth-order valence-electron chi connectivity index (χ4n) is 2.85. The van der Waals surface area contributed by atoms with E-state index in [1.807, 2.05) is 24.3 Å². The molecule has 6 nitrogen and oxygen atoms in total. The van der Waals surface area contributed by atoms with Gasteiger partial charge in [-0.15, -0.1) is 0 Å². The number of anilines is 1. The van der Waals surface area contributed by atoms with Crippen molar-refractivity contribution in [3.05, 3.63) is 24.3 Å². The zero-order valence-corrected chi connectivity index (χ0v) is 15.7. The Labute approximate surface area is 151 Å². The van der Waals surface area contributed by atoms with E-state index in [-0.39, 0.29) is 5.91 Å². The minimum Gasteiger partial charge on any atom is -0.492 e. The SMILES string of the molecule is CC(C)C[C@H](N)C(=O)Nc1ccc(OCCN2CCN(C)CC2)cc1. The van der Waals surface area contributed by atoms with Gasteiger partial charge in [0.25, 0.3) is 0 Å². The topological polar surface area (TPSA) is 70.8 Å². The second-order valence-electron chi connectivity index (χ2n) is 7.24. The third-order valence-electron chi connectivity index (χ3n) is 4.46. The van der Waals surface area contributed by atoms with Crippen molar-refractivity contribution in [2.24, 2.45) is 11.7 Å². The van der Waals surface area contributed by atoms with Crippen LogP contribution in [-0.2, 0) is 4.79 Å². The summed E-state index contributed by atoms with van der Waals surface area (Å²) in [5.41, 5.74) is 6.64. The second-order valence-corrected chi connectivity index (χ2v) is 7.24. The number of hydrogen-bond donors (Lipinski definition) is 2. The van der Waals surface area contributed by atoms with Gasteiger partial charge in [-0.25, -0.2) is 0 Å². The van der Waals surface area contributed by atoms with E-state index >= 15 is 0 Å². The molecule has 0 saturated carbocycles. The van der Waals surface area contributed by atoms with Crippen LogP contribution in [0.25, 0.3) is 0 Å². The normalized spacial score (nSPS) is 17.5. The van der Waals surface area contributed by atoms with Crippen molar-refractivity contribution < 1.29 is 9.53 Å². The fraction of sp³-hybridized carbons (Fsp3) is 0.632. The average molecular weight is 348 g/mol. The summed E-state index contributed by atoms with van der Waals surface area (Å²) in [6, 6.07) is 7.00. The Bertz CT molecular complexity index is 525. The van der Waals surface area contributed by atoms with Crippen LogP contribution in [0.15, 0.2) is 24.3 Å². The number of rotatable bonds is 8. The lowest BCUT2D eigenvalue weighted by Crippen LogP contribution is -2.45. The molecule has 0 radical (unpaired) electrons. The summed E-state index contributed by atoms with van der Waals surface area (Å²) in [6.07, 6.45) is 0.680. The highest BCUT2D eigenvalue weighted by atomic mass is 16.5. The van der Waals surface area contributed by atoms with Crippen LogP contribution < -0.4 is 15.8 Å². The molecule has 1 aromatic carbocycles. The van der Waals surface area contributed by atoms with Crippen molar-refractivity contribution in [1.82, 2.24) is 9.80 Å². The molecule has 0 bridgehead atoms. The molecule has 1 aliphatic heterocycles. The Hall–Kier alpha value is -1.63. The number of hydrogen-bond acceptors (Lipinski definition) is 5. The number of nitrogens with two attached hydrogens (primary N) is 1. The molecule has 1 aromatic rings. The van der Waals surface area contributed by atoms with Crippen molar-refractivity contribution in [2.75, 3.05) is 51.7 Å². The Balaban J connectivity index is 1.71. The first-order valence-corrected chi connectivity index (χ1v) is 9.14. The van der Waals surface area contributed by atoms with Gasteiger partial charge in [0.15, 0.2) is 0 Å². The number of nitrogens with one attached hydrogen (secondary N) is 1. The number of piperazine rings is 1. The van der Waals surface area contributed by atoms with Crippen LogP contribution in [0.2, 0.25) is 0 Å². The molecule has 0 spiro atoms. The second kappa shape index (κ2) is 9.75. The monoisotopic (exact) mass is 348 g/mol. The standard InChI is InChI=1S/C19H32N4O2/c1-15(2)14-18(20)19(24)21-16-4-6-17(7-5-16)25-13-12-23-10-8-22(3)9-11-23/h4-7,15,18H,8-14,20H2,1-3H3,(H,21,24)/t18-/m0/s1. The predicted molar refractivity (Wildman–Crippen MR) is 102 cm³/mol. The van der Waals surface area contributed by atoms with E-state index in [4.69, 9.17) is 10.5 Å². The van der Waals surface area contributed by atoms with Crippen LogP contribution in [-0.4, -0.2) is 68.1 Å². The van der Waals surface area contributed by atoms with E-state index in [1.165, 1.54) is 0 Å². The molecule has 0 unspecified atom stereocenters. The molecule has 1 atom stereocenters. The van der Waals surface area contributed by atoms with Crippen molar-refractivity contribution in [1.29, 1.82) is 0 Å². The number of ether oxygens (including phenoxy) is 1. The van der Waals surface area contributed by atoms with Crippen LogP contribution >= 0.6 is 0 Å². The quantitative estimate of drug-likeness (QED) is 0.747. The summed E-state index contributed by atoms with van der Waals surface area (Å²) in [4.78, 5) is 16.8. The minimum absolute atomic E-state index is 0.141. The fourth-order valence-corrected chi connectivity index (χ4v) is 2.85. The highest BCUT2D eigenvalue weighted by Crippen LogP contribution is 2.16. The van der Waals surface area contributed by atoms with E-state index in [1.54, 1.807) is 0 Å². The zero-order chi connectivity index (χ0) is 18.2. The Kier molecular flexibility index (Phi) is 7.68. The molecule has 140 valence electrons. The average Bonchev–Trinajstić information content (AvgIpc) is 2.57. The van der Waals surface area contributed by atoms with E-state index in [9.17, 15) is 4.79 Å². The maximum absolute atomic E-state index is 12.0. The van der Waals surface area contributed by atoms with Crippen LogP contribution in [0.5, 0.6) is 5.75 Å². The van der Waals surface area contributed by atoms with Gasteiger partial charge in [0, 0.05) is 38.4 Å². The molecule has 1 fully saturated rings. The van der Waals surface area contributed by atoms with Crippen LogP contribution in [0.4, 0.5) is 5.69 Å². The van der Waals surface area contributed by atoms with Gasteiger partial charge in [-0.3, -0.25) is 9.69 Å². The molecule has 1 heterocycles. The zero-order valence-electron chi connectivity index (χ0n) is 15.7. The number of carbonyl (C=O) groups excluding carboxylic acids is 1. The van der Waals surface area contributed by atoms with Gasteiger partial charge in [-0.05, 0) is 43.7 Å². The summed E-state index contributed by atoms with van der Waals surface area (Å²) in [5.74, 6) is 1.08. The number of nitrogens with zero attached hydrogens (tertiary/aromatic N) is 2. The molecule has 1 aliphatic rings. The van der Waals surface area contributed by atoms with Crippen molar-refractivity contribution in [2.45, 2.75) is 26.3 Å². The molecule has 0 aromatic heterocycles. The Morgan fingerprint density at radius 3 is 2.44 bits per heavy atom. The predicted octanol–water partition coefficient (Wildman–Crippen LogP) is 1.62. The number of likely N-dealkylation sites (N-methyl/N-ethyl adjacent to an activating group) is 1. The van der Waals surface area contributed by atoms with Gasteiger partial charge in [-0.2, -0.15) is 0 Å². The summed E-state index contributed by atoms with van der Waals surface area (Å²) in [7, 11) is 2.16. The summed E-state index contributed by atoms with van der Waals surface area (Å²) < 4.78 is 5.80. The third-order valence-corrected chi connectivity index (χ3v) is 4.46. The molecular weight excluding hydrogens is 316 g/mol. The van der Waals surface area contributed by atoms with Crippen molar-refractivity contribution >= 4 is 11.6 Å². The molecule has 2 rings (SSSR count). The van der Waals surface area contributed by atoms with E-state index in [0.29, 0.717) is 18.9 Å². The first kappa shape index (κ1) is 19.7. The molecule has 3 N–H and O–H groups in total. The number of benzene rings is 1. The highest BCUT2D eigenvalue weighted by molar-refractivity contribution is 5.94. The van der Waals surface area contributed by atoms with Gasteiger partial charge in [0.1, 0.15) is 12.4 Å². The molecule has 25 heavy (non-hydrogen) atoms. The van der Waals surface area contributed by atoms with Crippen LogP contribution in [0.3, 0.4) is 0 Å². The van der Waals surface area contributed by atoms with E-state index in [2.05, 4.69) is 36.0 Å². The number of carbonyl (C=O) groups is 1. The minimum atomic E-state index is -0.473. The van der Waals surface area contributed by atoms with Gasteiger partial charge < -0.3 is 20.7 Å². The van der Waals surface area contributed by atoms with E-state index in [0.717, 1.165) is 44.2 Å². The summed E-state index contributed by atoms with van der Waals surface area (Å²) in [5, 5.41) is 2.85. The largest absolute Gasteiger partial charge is 0.492 e. The highest BCUT2D eigenvalue weighted by Gasteiger charge is 2.15. The van der Waals surface area contributed by atoms with Gasteiger partial charge in [0.05, 0.1) is 6.04 Å². The van der Waals surface area contributed by atoms with Gasteiger partial charge in [0.2, 0.25) is 5.91 Å². The number of amides is 1. The van der Waals surface area contributed by atoms with Crippen molar-refractivity contribution in [3.8, 4) is 5.75 Å². The summed E-state index contributed by atoms with van der Waals surface area (Å²) >= 11 is 0. The lowest BCUT2D eigenvalue weighted by molar-refractivity contribution is -0.117.